The van der Waals surface area contributed by atoms with Crippen molar-refractivity contribution in [1.82, 2.24) is 4.31 Å². The molecule has 2 aromatic carbocycles. The van der Waals surface area contributed by atoms with Crippen LogP contribution >= 0.6 is 0 Å². The third-order valence-electron chi connectivity index (χ3n) is 3.86. The van der Waals surface area contributed by atoms with Crippen molar-refractivity contribution in [2.45, 2.75) is 25.7 Å². The van der Waals surface area contributed by atoms with Crippen LogP contribution in [0.15, 0.2) is 41.3 Å². The molecule has 5 nitrogen and oxygen atoms in total. The van der Waals surface area contributed by atoms with Gasteiger partial charge in [-0.25, -0.2) is 12.7 Å². The molecule has 6 heteroatoms. The Labute approximate surface area is 143 Å². The van der Waals surface area contributed by atoms with Crippen LogP contribution in [-0.4, -0.2) is 32.7 Å². The first-order chi connectivity index (χ1) is 11.1. The Morgan fingerprint density at radius 3 is 2.21 bits per heavy atom. The van der Waals surface area contributed by atoms with E-state index < -0.39 is 10.0 Å². The molecule has 0 aliphatic rings. The van der Waals surface area contributed by atoms with E-state index in [9.17, 15) is 13.2 Å². The van der Waals surface area contributed by atoms with Crippen LogP contribution in [0.5, 0.6) is 0 Å². The highest BCUT2D eigenvalue weighted by atomic mass is 32.2. The monoisotopic (exact) mass is 346 g/mol. The molecule has 0 saturated carbocycles. The second-order valence-electron chi connectivity index (χ2n) is 6.04. The van der Waals surface area contributed by atoms with Gasteiger partial charge in [-0.05, 0) is 50.1 Å². The Hall–Kier alpha value is -2.18. The molecule has 0 aliphatic heterocycles. The zero-order valence-electron chi connectivity index (χ0n) is 14.5. The SMILES string of the molecule is Cc1ccc(C(=O)Nc2cc(S(=O)(=O)N(C)C)ccc2C)c(C)c1. The molecule has 2 rings (SSSR count). The van der Waals surface area contributed by atoms with Crippen LogP contribution in [0.25, 0.3) is 0 Å². The van der Waals surface area contributed by atoms with Gasteiger partial charge in [0.05, 0.1) is 4.90 Å². The lowest BCUT2D eigenvalue weighted by Gasteiger charge is -2.15. The summed E-state index contributed by atoms with van der Waals surface area (Å²) >= 11 is 0. The first kappa shape index (κ1) is 18.2. The van der Waals surface area contributed by atoms with Gasteiger partial charge in [0.25, 0.3) is 5.91 Å². The number of hydrogen-bond donors (Lipinski definition) is 1. The van der Waals surface area contributed by atoms with Gasteiger partial charge in [0.1, 0.15) is 0 Å². The average molecular weight is 346 g/mol. The van der Waals surface area contributed by atoms with Crippen LogP contribution in [0, 0.1) is 20.8 Å². The van der Waals surface area contributed by atoms with Crippen molar-refractivity contribution >= 4 is 21.6 Å². The molecule has 1 amide bonds. The van der Waals surface area contributed by atoms with Crippen LogP contribution in [0.3, 0.4) is 0 Å². The number of nitrogens with zero attached hydrogens (tertiary/aromatic N) is 1. The first-order valence-electron chi connectivity index (χ1n) is 7.54. The number of benzene rings is 2. The van der Waals surface area contributed by atoms with E-state index in [1.165, 1.54) is 26.2 Å². The minimum absolute atomic E-state index is 0.147. The van der Waals surface area contributed by atoms with Crippen molar-refractivity contribution in [2.75, 3.05) is 19.4 Å². The highest BCUT2D eigenvalue weighted by Gasteiger charge is 2.19. The third-order valence-corrected chi connectivity index (χ3v) is 5.67. The van der Waals surface area contributed by atoms with Crippen molar-refractivity contribution in [3.05, 3.63) is 58.7 Å². The average Bonchev–Trinajstić information content (AvgIpc) is 2.48. The molecular formula is C18H22N2O3S. The van der Waals surface area contributed by atoms with Gasteiger partial charge in [-0.3, -0.25) is 4.79 Å². The van der Waals surface area contributed by atoms with Crippen LogP contribution in [-0.2, 0) is 10.0 Å². The predicted molar refractivity (Wildman–Crippen MR) is 95.9 cm³/mol. The number of carbonyl (C=O) groups is 1. The molecule has 0 saturated heterocycles. The fourth-order valence-corrected chi connectivity index (χ4v) is 3.29. The van der Waals surface area contributed by atoms with E-state index in [1.54, 1.807) is 12.1 Å². The van der Waals surface area contributed by atoms with Crippen molar-refractivity contribution in [3.8, 4) is 0 Å². The summed E-state index contributed by atoms with van der Waals surface area (Å²) in [5, 5.41) is 2.82. The Bertz CT molecular complexity index is 887. The largest absolute Gasteiger partial charge is 0.322 e. The zero-order chi connectivity index (χ0) is 18.1. The highest BCUT2D eigenvalue weighted by Crippen LogP contribution is 2.23. The lowest BCUT2D eigenvalue weighted by molar-refractivity contribution is 0.102. The van der Waals surface area contributed by atoms with Crippen LogP contribution in [0.2, 0.25) is 0 Å². The molecule has 0 unspecified atom stereocenters. The molecule has 0 radical (unpaired) electrons. The fraction of sp³-hybridized carbons (Fsp3) is 0.278. The Morgan fingerprint density at radius 2 is 1.62 bits per heavy atom. The molecule has 2 aromatic rings. The minimum Gasteiger partial charge on any atom is -0.322 e. The van der Waals surface area contributed by atoms with Crippen LogP contribution in [0.1, 0.15) is 27.0 Å². The number of sulfonamides is 1. The van der Waals surface area contributed by atoms with E-state index in [0.29, 0.717) is 11.3 Å². The van der Waals surface area contributed by atoms with Gasteiger partial charge in [0, 0.05) is 25.3 Å². The zero-order valence-corrected chi connectivity index (χ0v) is 15.4. The minimum atomic E-state index is -3.55. The Kier molecular flexibility index (Phi) is 5.11. The second-order valence-corrected chi connectivity index (χ2v) is 8.19. The standard InChI is InChI=1S/C18H22N2O3S/c1-12-6-9-16(14(3)10-12)18(21)19-17-11-15(8-7-13(17)2)24(22,23)20(4)5/h6-11H,1-5H3,(H,19,21). The Morgan fingerprint density at radius 1 is 0.958 bits per heavy atom. The molecule has 0 heterocycles. The van der Waals surface area contributed by atoms with Crippen LogP contribution < -0.4 is 5.32 Å². The normalized spacial score (nSPS) is 11.6. The van der Waals surface area contributed by atoms with Gasteiger partial charge >= 0.3 is 0 Å². The van der Waals surface area contributed by atoms with Gasteiger partial charge in [-0.1, -0.05) is 23.8 Å². The molecule has 1 N–H and O–H groups in total. The number of rotatable bonds is 4. The highest BCUT2D eigenvalue weighted by molar-refractivity contribution is 7.89. The number of anilines is 1. The second kappa shape index (κ2) is 6.75. The van der Waals surface area contributed by atoms with Gasteiger partial charge < -0.3 is 5.32 Å². The summed E-state index contributed by atoms with van der Waals surface area (Å²) in [6, 6.07) is 10.3. The van der Waals surface area contributed by atoms with E-state index in [-0.39, 0.29) is 10.8 Å². The van der Waals surface area contributed by atoms with Gasteiger partial charge in [0.2, 0.25) is 10.0 Å². The topological polar surface area (TPSA) is 66.5 Å². The lowest BCUT2D eigenvalue weighted by Crippen LogP contribution is -2.22. The quantitative estimate of drug-likeness (QED) is 0.925. The Balaban J connectivity index is 2.37. The molecule has 128 valence electrons. The number of hydrogen-bond acceptors (Lipinski definition) is 3. The maximum atomic E-state index is 12.5. The van der Waals surface area contributed by atoms with Crippen LogP contribution in [0.4, 0.5) is 5.69 Å². The smallest absolute Gasteiger partial charge is 0.255 e. The van der Waals surface area contributed by atoms with Gasteiger partial charge in [0.15, 0.2) is 0 Å². The number of nitrogens with one attached hydrogen (secondary N) is 1. The van der Waals surface area contributed by atoms with E-state index in [1.807, 2.05) is 32.9 Å². The van der Waals surface area contributed by atoms with Crippen molar-refractivity contribution < 1.29 is 13.2 Å². The van der Waals surface area contributed by atoms with E-state index in [4.69, 9.17) is 0 Å². The van der Waals surface area contributed by atoms with Gasteiger partial charge in [-0.2, -0.15) is 0 Å². The lowest BCUT2D eigenvalue weighted by atomic mass is 10.0. The summed E-state index contributed by atoms with van der Waals surface area (Å²) < 4.78 is 25.7. The summed E-state index contributed by atoms with van der Waals surface area (Å²) in [6.07, 6.45) is 0. The van der Waals surface area contributed by atoms with E-state index in [0.717, 1.165) is 21.0 Å². The fourth-order valence-electron chi connectivity index (χ4n) is 2.37. The summed E-state index contributed by atoms with van der Waals surface area (Å²) in [5.74, 6) is -0.255. The van der Waals surface area contributed by atoms with Crippen molar-refractivity contribution in [3.63, 3.8) is 0 Å². The van der Waals surface area contributed by atoms with E-state index in [2.05, 4.69) is 5.32 Å². The number of aryl methyl sites for hydroxylation is 3. The first-order valence-corrected chi connectivity index (χ1v) is 8.98. The number of carbonyl (C=O) groups excluding carboxylic acids is 1. The molecule has 24 heavy (non-hydrogen) atoms. The number of amides is 1. The third kappa shape index (κ3) is 3.66. The predicted octanol–water partition coefficient (Wildman–Crippen LogP) is 3.11. The summed E-state index contributed by atoms with van der Waals surface area (Å²) in [6.45, 7) is 5.67. The molecule has 0 atom stereocenters. The molecule has 0 aromatic heterocycles. The van der Waals surface area contributed by atoms with E-state index >= 15 is 0 Å². The summed E-state index contributed by atoms with van der Waals surface area (Å²) in [5.41, 5.74) is 3.82. The van der Waals surface area contributed by atoms with Crippen molar-refractivity contribution in [2.24, 2.45) is 0 Å². The summed E-state index contributed by atoms with van der Waals surface area (Å²) in [7, 11) is -0.598. The maximum Gasteiger partial charge on any atom is 0.255 e. The molecule has 0 fully saturated rings. The van der Waals surface area contributed by atoms with Gasteiger partial charge in [-0.15, -0.1) is 0 Å². The molecule has 0 bridgehead atoms. The molecule has 0 aliphatic carbocycles. The molecule has 0 spiro atoms. The maximum absolute atomic E-state index is 12.5. The summed E-state index contributed by atoms with van der Waals surface area (Å²) in [4.78, 5) is 12.7. The molecular weight excluding hydrogens is 324 g/mol. The van der Waals surface area contributed by atoms with Crippen molar-refractivity contribution in [1.29, 1.82) is 0 Å².